The summed E-state index contributed by atoms with van der Waals surface area (Å²) in [6, 6.07) is 3.92. The summed E-state index contributed by atoms with van der Waals surface area (Å²) in [4.78, 5) is 0.908. The van der Waals surface area contributed by atoms with Crippen LogP contribution in [0, 0.1) is 6.92 Å². The number of aryl methyl sites for hydroxylation is 1. The van der Waals surface area contributed by atoms with E-state index in [0.717, 1.165) is 25.8 Å². The van der Waals surface area contributed by atoms with E-state index in [1.54, 1.807) is 17.7 Å². The first-order valence-electron chi connectivity index (χ1n) is 4.14. The lowest BCUT2D eigenvalue weighted by Gasteiger charge is -1.97. The Morgan fingerprint density at radius 2 is 2.29 bits per heavy atom. The fraction of sp³-hybridized carbons (Fsp3) is 0.111. The molecule has 3 aromatic rings. The normalized spacial score (nSPS) is 11.6. The zero-order chi connectivity index (χ0) is 9.71. The molecule has 0 fully saturated rings. The van der Waals surface area contributed by atoms with Crippen LogP contribution in [0.15, 0.2) is 18.5 Å². The van der Waals surface area contributed by atoms with Crippen LogP contribution in [0.2, 0.25) is 5.02 Å². The zero-order valence-corrected chi connectivity index (χ0v) is 8.93. The van der Waals surface area contributed by atoms with Gasteiger partial charge in [0, 0.05) is 5.02 Å². The van der Waals surface area contributed by atoms with Crippen LogP contribution in [-0.2, 0) is 0 Å². The monoisotopic (exact) mass is 223 g/mol. The summed E-state index contributed by atoms with van der Waals surface area (Å²) in [6.45, 7) is 2.04. The van der Waals surface area contributed by atoms with E-state index in [1.165, 1.54) is 0 Å². The minimum Gasteiger partial charge on any atom is -0.272 e. The van der Waals surface area contributed by atoms with E-state index < -0.39 is 0 Å². The van der Waals surface area contributed by atoms with E-state index in [1.807, 2.05) is 23.5 Å². The van der Waals surface area contributed by atoms with Crippen molar-refractivity contribution < 1.29 is 0 Å². The first-order valence-corrected chi connectivity index (χ1v) is 5.33. The second-order valence-corrected chi connectivity index (χ2v) is 4.60. The molecule has 0 aliphatic heterocycles. The van der Waals surface area contributed by atoms with Gasteiger partial charge in [0.2, 0.25) is 4.96 Å². The van der Waals surface area contributed by atoms with Crippen molar-refractivity contribution in [3.05, 3.63) is 29.0 Å². The fourth-order valence-electron chi connectivity index (χ4n) is 1.64. The van der Waals surface area contributed by atoms with Crippen LogP contribution in [0.5, 0.6) is 0 Å². The third kappa shape index (κ3) is 0.980. The maximum Gasteiger partial charge on any atom is 0.217 e. The van der Waals surface area contributed by atoms with Gasteiger partial charge in [0.1, 0.15) is 6.33 Å². The fourth-order valence-corrected chi connectivity index (χ4v) is 3.04. The van der Waals surface area contributed by atoms with Crippen LogP contribution in [-0.4, -0.2) is 14.6 Å². The molecule has 0 bridgehead atoms. The van der Waals surface area contributed by atoms with Crippen LogP contribution in [0.1, 0.15) is 5.56 Å². The summed E-state index contributed by atoms with van der Waals surface area (Å²) >= 11 is 7.58. The molecule has 0 aliphatic carbocycles. The van der Waals surface area contributed by atoms with Crippen molar-refractivity contribution in [2.45, 2.75) is 6.92 Å². The van der Waals surface area contributed by atoms with Gasteiger partial charge < -0.3 is 0 Å². The molecule has 0 amide bonds. The van der Waals surface area contributed by atoms with Crippen LogP contribution in [0.4, 0.5) is 0 Å². The van der Waals surface area contributed by atoms with Crippen molar-refractivity contribution in [3.63, 3.8) is 0 Å². The number of fused-ring (bicyclic) bond motifs is 3. The minimum atomic E-state index is 0.771. The molecule has 3 rings (SSSR count). The number of benzene rings is 1. The predicted molar refractivity (Wildman–Crippen MR) is 58.1 cm³/mol. The van der Waals surface area contributed by atoms with Gasteiger partial charge in [-0.1, -0.05) is 22.9 Å². The number of nitrogens with zero attached hydrogens (tertiary/aromatic N) is 3. The Hall–Kier alpha value is -1.13. The molecule has 2 aromatic heterocycles. The number of rotatable bonds is 0. The van der Waals surface area contributed by atoms with E-state index in [0.29, 0.717) is 0 Å². The second-order valence-electron chi connectivity index (χ2n) is 3.16. The van der Waals surface area contributed by atoms with Gasteiger partial charge in [-0.05, 0) is 24.6 Å². The van der Waals surface area contributed by atoms with E-state index in [4.69, 9.17) is 11.6 Å². The molecule has 0 spiro atoms. The van der Waals surface area contributed by atoms with E-state index in [-0.39, 0.29) is 0 Å². The Morgan fingerprint density at radius 1 is 1.43 bits per heavy atom. The highest BCUT2D eigenvalue weighted by molar-refractivity contribution is 7.23. The van der Waals surface area contributed by atoms with Crippen molar-refractivity contribution in [2.24, 2.45) is 0 Å². The molecule has 0 unspecified atom stereocenters. The summed E-state index contributed by atoms with van der Waals surface area (Å²) in [6.07, 6.45) is 1.73. The number of thiazole rings is 1. The summed E-state index contributed by atoms with van der Waals surface area (Å²) in [5, 5.41) is 8.65. The average molecular weight is 224 g/mol. The quantitative estimate of drug-likeness (QED) is 0.587. The highest BCUT2D eigenvalue weighted by atomic mass is 35.5. The average Bonchev–Trinajstić information content (AvgIpc) is 2.60. The Bertz CT molecular complexity index is 625. The zero-order valence-electron chi connectivity index (χ0n) is 7.36. The summed E-state index contributed by atoms with van der Waals surface area (Å²) in [5.41, 5.74) is 2.30. The number of hydrogen-bond acceptors (Lipinski definition) is 3. The van der Waals surface area contributed by atoms with Gasteiger partial charge >= 0.3 is 0 Å². The molecular weight excluding hydrogens is 218 g/mol. The number of halogens is 1. The molecule has 14 heavy (non-hydrogen) atoms. The largest absolute Gasteiger partial charge is 0.272 e. The smallest absolute Gasteiger partial charge is 0.217 e. The SMILES string of the molecule is Cc1cc(Cl)cc2sc3nncn3c12. The summed E-state index contributed by atoms with van der Waals surface area (Å²) < 4.78 is 3.14. The van der Waals surface area contributed by atoms with E-state index in [2.05, 4.69) is 10.2 Å². The summed E-state index contributed by atoms with van der Waals surface area (Å²) in [7, 11) is 0. The molecule has 0 atom stereocenters. The third-order valence-corrected chi connectivity index (χ3v) is 3.40. The molecule has 1 aromatic carbocycles. The lowest BCUT2D eigenvalue weighted by Crippen LogP contribution is -1.81. The summed E-state index contributed by atoms with van der Waals surface area (Å²) in [5.74, 6) is 0. The van der Waals surface area contributed by atoms with Gasteiger partial charge in [-0.15, -0.1) is 10.2 Å². The maximum atomic E-state index is 5.98. The van der Waals surface area contributed by atoms with Crippen LogP contribution in [0.3, 0.4) is 0 Å². The highest BCUT2D eigenvalue weighted by Crippen LogP contribution is 2.30. The molecule has 2 heterocycles. The van der Waals surface area contributed by atoms with Crippen molar-refractivity contribution in [1.82, 2.24) is 14.6 Å². The van der Waals surface area contributed by atoms with Crippen molar-refractivity contribution in [1.29, 1.82) is 0 Å². The predicted octanol–water partition coefficient (Wildman–Crippen LogP) is 2.91. The van der Waals surface area contributed by atoms with Gasteiger partial charge in [-0.25, -0.2) is 0 Å². The lowest BCUT2D eigenvalue weighted by atomic mass is 10.2. The molecule has 3 nitrogen and oxygen atoms in total. The topological polar surface area (TPSA) is 30.2 Å². The van der Waals surface area contributed by atoms with Crippen molar-refractivity contribution in [2.75, 3.05) is 0 Å². The Labute approximate surface area is 88.9 Å². The van der Waals surface area contributed by atoms with Gasteiger partial charge in [0.05, 0.1) is 10.2 Å². The van der Waals surface area contributed by atoms with Gasteiger partial charge in [-0.3, -0.25) is 4.40 Å². The molecule has 0 N–H and O–H groups in total. The first-order chi connectivity index (χ1) is 6.75. The molecular formula is C9H6ClN3S. The van der Waals surface area contributed by atoms with E-state index in [9.17, 15) is 0 Å². The number of hydrogen-bond donors (Lipinski definition) is 0. The molecule has 0 aliphatic rings. The van der Waals surface area contributed by atoms with Gasteiger partial charge in [0.25, 0.3) is 0 Å². The van der Waals surface area contributed by atoms with Crippen LogP contribution >= 0.6 is 22.9 Å². The van der Waals surface area contributed by atoms with Crippen LogP contribution in [0.25, 0.3) is 15.2 Å². The molecule has 0 saturated heterocycles. The molecule has 0 saturated carbocycles. The standard InChI is InChI=1S/C9H6ClN3S/c1-5-2-6(10)3-7-8(5)13-4-11-12-9(13)14-7/h2-4H,1H3. The Morgan fingerprint density at radius 3 is 3.14 bits per heavy atom. The van der Waals surface area contributed by atoms with Gasteiger partial charge in [-0.2, -0.15) is 0 Å². The maximum absolute atomic E-state index is 5.98. The second kappa shape index (κ2) is 2.68. The van der Waals surface area contributed by atoms with E-state index >= 15 is 0 Å². The van der Waals surface area contributed by atoms with Crippen molar-refractivity contribution in [3.8, 4) is 0 Å². The van der Waals surface area contributed by atoms with Gasteiger partial charge in [0.15, 0.2) is 0 Å². The first kappa shape index (κ1) is 8.20. The number of aromatic nitrogens is 3. The molecule has 0 radical (unpaired) electrons. The minimum absolute atomic E-state index is 0.771. The van der Waals surface area contributed by atoms with Crippen molar-refractivity contribution >= 4 is 38.1 Å². The molecule has 70 valence electrons. The highest BCUT2D eigenvalue weighted by Gasteiger charge is 2.08. The molecule has 5 heteroatoms. The Kier molecular flexibility index (Phi) is 1.57. The van der Waals surface area contributed by atoms with Crippen LogP contribution < -0.4 is 0 Å². The third-order valence-electron chi connectivity index (χ3n) is 2.19. The Balaban J connectivity index is 2.62. The lowest BCUT2D eigenvalue weighted by molar-refractivity contribution is 1.11.